The molecular weight excluding hydrogens is 554 g/mol. The molecule has 0 radical (unpaired) electrons. The second-order valence-corrected chi connectivity index (χ2v) is 11.5. The maximum atomic E-state index is 13.9. The molecule has 0 aliphatic carbocycles. The quantitative estimate of drug-likeness (QED) is 0.241. The zero-order valence-corrected chi connectivity index (χ0v) is 26.7. The zero-order chi connectivity index (χ0) is 31.9. The summed E-state index contributed by atoms with van der Waals surface area (Å²) in [6.45, 7) is 17.3. The van der Waals surface area contributed by atoms with Gasteiger partial charge in [-0.2, -0.15) is 0 Å². The van der Waals surface area contributed by atoms with Gasteiger partial charge in [-0.1, -0.05) is 27.7 Å². The van der Waals surface area contributed by atoms with E-state index in [2.05, 4.69) is 27.1 Å². The molecule has 1 aliphatic rings. The number of ether oxygens (including phenoxy) is 1. The van der Waals surface area contributed by atoms with Gasteiger partial charge in [0, 0.05) is 55.0 Å². The third-order valence-electron chi connectivity index (χ3n) is 7.13. The van der Waals surface area contributed by atoms with Gasteiger partial charge in [0.1, 0.15) is 17.1 Å². The number of anilines is 3. The Labute approximate surface area is 253 Å². The van der Waals surface area contributed by atoms with Crippen molar-refractivity contribution < 1.29 is 23.1 Å². The normalized spacial score (nSPS) is 13.4. The summed E-state index contributed by atoms with van der Waals surface area (Å²) in [6.07, 6.45) is 4.87. The number of nitrogens with one attached hydrogen (secondary N) is 1. The van der Waals surface area contributed by atoms with Crippen molar-refractivity contribution in [2.24, 2.45) is 5.92 Å². The van der Waals surface area contributed by atoms with Gasteiger partial charge < -0.3 is 19.4 Å². The fourth-order valence-corrected chi connectivity index (χ4v) is 5.22. The lowest BCUT2D eigenvalue weighted by Crippen LogP contribution is -2.34. The Bertz CT molecular complexity index is 1400. The molecule has 0 saturated carbocycles. The lowest BCUT2D eigenvalue weighted by atomic mass is 10.0. The van der Waals surface area contributed by atoms with Crippen LogP contribution in [-0.2, 0) is 16.0 Å². The van der Waals surface area contributed by atoms with E-state index in [1.54, 1.807) is 23.7 Å². The number of fused-ring (bicyclic) bond motifs is 2. The summed E-state index contributed by atoms with van der Waals surface area (Å²) in [5.74, 6) is 0.108. The van der Waals surface area contributed by atoms with Gasteiger partial charge in [-0.3, -0.25) is 9.69 Å². The molecule has 0 bridgehead atoms. The minimum Gasteiger partial charge on any atom is -0.460 e. The number of aromatic nitrogens is 3. The van der Waals surface area contributed by atoms with Crippen molar-refractivity contribution in [2.75, 3.05) is 34.8 Å². The molecular formula is C32H46F2N6O3. The number of pyridine rings is 2. The van der Waals surface area contributed by atoms with Gasteiger partial charge in [0.15, 0.2) is 0 Å². The molecule has 3 aromatic heterocycles. The van der Waals surface area contributed by atoms with Crippen molar-refractivity contribution in [3.63, 3.8) is 0 Å². The number of halogens is 2. The lowest BCUT2D eigenvalue weighted by Gasteiger charge is -2.29. The van der Waals surface area contributed by atoms with Crippen LogP contribution in [0.4, 0.5) is 30.8 Å². The maximum absolute atomic E-state index is 13.9. The van der Waals surface area contributed by atoms with Crippen molar-refractivity contribution in [2.45, 2.75) is 93.1 Å². The summed E-state index contributed by atoms with van der Waals surface area (Å²) in [4.78, 5) is 38.6. The molecule has 1 atom stereocenters. The van der Waals surface area contributed by atoms with Crippen molar-refractivity contribution in [1.29, 1.82) is 0 Å². The molecule has 236 valence electrons. The molecule has 3 aromatic rings. The smallest absolute Gasteiger partial charge is 0.327 e. The predicted molar refractivity (Wildman–Crippen MR) is 167 cm³/mol. The molecule has 11 heteroatoms. The van der Waals surface area contributed by atoms with Gasteiger partial charge in [0.05, 0.1) is 17.3 Å². The van der Waals surface area contributed by atoms with Crippen LogP contribution in [0.15, 0.2) is 30.7 Å². The molecule has 0 aromatic carbocycles. The molecule has 43 heavy (non-hydrogen) atoms. The standard InChI is InChI=1S/C30H40F2N6O3.C2H6/c1-7-13-36(14-10-20(8-2)28(39)41-30(4,5)6)24-9-12-33-27-21(24)11-15-38(27)29(40)35-23-18-37-17-19(3)34-25(37)16-22(23)26(31)32;1-2/h9,12,16-18,20,26H,7-8,10-11,13-15H2,1-6H3,(H,35,40);1-2H3. The van der Waals surface area contributed by atoms with Crippen LogP contribution < -0.4 is 15.1 Å². The van der Waals surface area contributed by atoms with E-state index >= 15 is 0 Å². The first-order chi connectivity index (χ1) is 20.4. The number of imidazole rings is 1. The van der Waals surface area contributed by atoms with E-state index in [0.29, 0.717) is 49.5 Å². The zero-order valence-electron chi connectivity index (χ0n) is 26.7. The second kappa shape index (κ2) is 14.6. The monoisotopic (exact) mass is 600 g/mol. The van der Waals surface area contributed by atoms with E-state index in [9.17, 15) is 18.4 Å². The summed E-state index contributed by atoms with van der Waals surface area (Å²) in [6, 6.07) is 2.71. The van der Waals surface area contributed by atoms with E-state index in [1.807, 2.05) is 47.6 Å². The van der Waals surface area contributed by atoms with Crippen LogP contribution in [0.2, 0.25) is 0 Å². The van der Waals surface area contributed by atoms with Crippen LogP contribution in [0, 0.1) is 12.8 Å². The summed E-state index contributed by atoms with van der Waals surface area (Å²) in [7, 11) is 0. The van der Waals surface area contributed by atoms with Crippen molar-refractivity contribution in [3.8, 4) is 0 Å². The Morgan fingerprint density at radius 2 is 1.88 bits per heavy atom. The number of carbonyl (C=O) groups is 2. The minimum absolute atomic E-state index is 0.0277. The molecule has 1 N–H and O–H groups in total. The number of carbonyl (C=O) groups excluding carboxylic acids is 2. The summed E-state index contributed by atoms with van der Waals surface area (Å²) < 4.78 is 35.0. The highest BCUT2D eigenvalue weighted by Crippen LogP contribution is 2.35. The van der Waals surface area contributed by atoms with Crippen molar-refractivity contribution >= 4 is 34.8 Å². The van der Waals surface area contributed by atoms with Crippen LogP contribution >= 0.6 is 0 Å². The van der Waals surface area contributed by atoms with E-state index in [-0.39, 0.29) is 23.1 Å². The largest absolute Gasteiger partial charge is 0.460 e. The number of esters is 1. The Kier molecular flexibility index (Phi) is 11.5. The highest BCUT2D eigenvalue weighted by atomic mass is 19.3. The first kappa shape index (κ1) is 33.7. The fourth-order valence-electron chi connectivity index (χ4n) is 5.22. The number of hydrogen-bond donors (Lipinski definition) is 1. The summed E-state index contributed by atoms with van der Waals surface area (Å²) >= 11 is 0. The predicted octanol–water partition coefficient (Wildman–Crippen LogP) is 7.57. The van der Waals surface area contributed by atoms with Crippen LogP contribution in [0.1, 0.15) is 91.0 Å². The molecule has 2 amide bonds. The minimum atomic E-state index is -2.78. The maximum Gasteiger partial charge on any atom is 0.327 e. The molecule has 9 nitrogen and oxygen atoms in total. The van der Waals surface area contributed by atoms with Crippen molar-refractivity contribution in [1.82, 2.24) is 14.4 Å². The van der Waals surface area contributed by atoms with Gasteiger partial charge in [0.2, 0.25) is 0 Å². The number of hydrogen-bond acceptors (Lipinski definition) is 6. The Morgan fingerprint density at radius 1 is 1.16 bits per heavy atom. The number of alkyl halides is 2. The number of aryl methyl sites for hydroxylation is 1. The van der Waals surface area contributed by atoms with Crippen LogP contribution in [-0.4, -0.2) is 51.6 Å². The van der Waals surface area contributed by atoms with Gasteiger partial charge in [0.25, 0.3) is 6.43 Å². The van der Waals surface area contributed by atoms with E-state index in [1.165, 1.54) is 17.2 Å². The van der Waals surface area contributed by atoms with Gasteiger partial charge in [-0.25, -0.2) is 23.5 Å². The Balaban J connectivity index is 0.00000248. The first-order valence-corrected chi connectivity index (χ1v) is 15.2. The topological polar surface area (TPSA) is 92.1 Å². The van der Waals surface area contributed by atoms with E-state index in [4.69, 9.17) is 4.74 Å². The van der Waals surface area contributed by atoms with Crippen LogP contribution in [0.25, 0.3) is 5.65 Å². The number of rotatable bonds is 10. The first-order valence-electron chi connectivity index (χ1n) is 15.2. The number of urea groups is 1. The SMILES string of the molecule is CC.CCCN(CCC(CC)C(=O)OC(C)(C)C)c1ccnc2c1CCN2C(=O)Nc1cn2cc(C)nc2cc1C(F)F. The fraction of sp³-hybridized carbons (Fsp3) is 0.562. The third-order valence-corrected chi connectivity index (χ3v) is 7.13. The third kappa shape index (κ3) is 8.20. The van der Waals surface area contributed by atoms with E-state index in [0.717, 1.165) is 24.2 Å². The van der Waals surface area contributed by atoms with Gasteiger partial charge >= 0.3 is 12.0 Å². The average Bonchev–Trinajstić information content (AvgIpc) is 3.54. The number of amides is 2. The number of nitrogens with zero attached hydrogens (tertiary/aromatic N) is 5. The highest BCUT2D eigenvalue weighted by molar-refractivity contribution is 6.03. The molecule has 0 saturated heterocycles. The molecule has 4 heterocycles. The second-order valence-electron chi connectivity index (χ2n) is 11.5. The average molecular weight is 601 g/mol. The Morgan fingerprint density at radius 3 is 2.51 bits per heavy atom. The summed E-state index contributed by atoms with van der Waals surface area (Å²) in [5.41, 5.74) is 2.17. The van der Waals surface area contributed by atoms with Crippen LogP contribution in [0.5, 0.6) is 0 Å². The van der Waals surface area contributed by atoms with E-state index < -0.39 is 18.1 Å². The molecule has 4 rings (SSSR count). The van der Waals surface area contributed by atoms with Gasteiger partial charge in [-0.15, -0.1) is 0 Å². The van der Waals surface area contributed by atoms with Crippen molar-refractivity contribution in [3.05, 3.63) is 47.5 Å². The van der Waals surface area contributed by atoms with Gasteiger partial charge in [-0.05, 0) is 65.5 Å². The lowest BCUT2D eigenvalue weighted by molar-refractivity contribution is -0.160. The Hall–Kier alpha value is -3.76. The molecule has 1 unspecified atom stereocenters. The molecule has 0 spiro atoms. The summed E-state index contributed by atoms with van der Waals surface area (Å²) in [5, 5.41) is 2.68. The molecule has 0 fully saturated rings. The highest BCUT2D eigenvalue weighted by Gasteiger charge is 2.31. The molecule has 1 aliphatic heterocycles. The van der Waals surface area contributed by atoms with Crippen LogP contribution in [0.3, 0.4) is 0 Å².